The van der Waals surface area contributed by atoms with Crippen LogP contribution in [-0.2, 0) is 9.47 Å². The minimum atomic E-state index is -0.590. The number of anilines is 2. The topological polar surface area (TPSA) is 93.9 Å². The zero-order valence-electron chi connectivity index (χ0n) is 18.1. The van der Waals surface area contributed by atoms with Crippen LogP contribution in [0.1, 0.15) is 59.3 Å². The molecule has 2 aliphatic rings. The van der Waals surface area contributed by atoms with E-state index in [4.69, 9.17) is 9.47 Å². The van der Waals surface area contributed by atoms with Gasteiger partial charge in [0.1, 0.15) is 17.7 Å². The summed E-state index contributed by atoms with van der Waals surface area (Å²) in [6.07, 6.45) is 7.75. The molecule has 2 fully saturated rings. The van der Waals surface area contributed by atoms with Gasteiger partial charge in [-0.3, -0.25) is 4.90 Å². The van der Waals surface area contributed by atoms with Crippen molar-refractivity contribution < 1.29 is 14.3 Å². The summed E-state index contributed by atoms with van der Waals surface area (Å²) < 4.78 is 12.9. The molecular formula is C21H32N6O3. The molecule has 9 nitrogen and oxygen atoms in total. The molecule has 1 saturated carbocycles. The van der Waals surface area contributed by atoms with Crippen LogP contribution in [0.2, 0.25) is 0 Å². The Balaban J connectivity index is 1.68. The Labute approximate surface area is 177 Å². The van der Waals surface area contributed by atoms with Crippen LogP contribution in [0.15, 0.2) is 12.4 Å². The second-order valence-electron chi connectivity index (χ2n) is 9.29. The van der Waals surface area contributed by atoms with E-state index in [2.05, 4.69) is 20.6 Å². The highest BCUT2D eigenvalue weighted by atomic mass is 16.6. The lowest BCUT2D eigenvalue weighted by atomic mass is 9.99. The summed E-state index contributed by atoms with van der Waals surface area (Å²) in [6.45, 7) is 7.63. The van der Waals surface area contributed by atoms with Gasteiger partial charge < -0.3 is 14.8 Å². The first kappa shape index (κ1) is 20.8. The van der Waals surface area contributed by atoms with Crippen LogP contribution in [-0.4, -0.2) is 57.3 Å². The van der Waals surface area contributed by atoms with Crippen molar-refractivity contribution in [3.63, 3.8) is 0 Å². The predicted molar refractivity (Wildman–Crippen MR) is 114 cm³/mol. The van der Waals surface area contributed by atoms with Gasteiger partial charge in [0.25, 0.3) is 0 Å². The van der Waals surface area contributed by atoms with E-state index in [1.165, 1.54) is 12.8 Å². The molecule has 0 bridgehead atoms. The first-order chi connectivity index (χ1) is 14.4. The molecule has 1 amide bonds. The Morgan fingerprint density at radius 3 is 2.70 bits per heavy atom. The highest BCUT2D eigenvalue weighted by Crippen LogP contribution is 2.29. The molecule has 0 atom stereocenters. The summed E-state index contributed by atoms with van der Waals surface area (Å²) in [5.41, 5.74) is 0.626. The van der Waals surface area contributed by atoms with Crippen molar-refractivity contribution >= 4 is 23.2 Å². The van der Waals surface area contributed by atoms with E-state index < -0.39 is 5.60 Å². The number of carbonyl (C=O) groups is 1. The number of aromatic nitrogens is 4. The number of rotatable bonds is 5. The molecule has 3 heterocycles. The quantitative estimate of drug-likeness (QED) is 0.795. The monoisotopic (exact) mass is 416 g/mol. The molecule has 1 aliphatic heterocycles. The van der Waals surface area contributed by atoms with Crippen molar-refractivity contribution in [2.75, 3.05) is 30.0 Å². The highest BCUT2D eigenvalue weighted by Gasteiger charge is 2.30. The largest absolute Gasteiger partial charge is 0.443 e. The van der Waals surface area contributed by atoms with Gasteiger partial charge in [0.15, 0.2) is 0 Å². The van der Waals surface area contributed by atoms with E-state index in [0.717, 1.165) is 44.7 Å². The molecule has 9 heteroatoms. The number of nitrogens with zero attached hydrogens (tertiary/aromatic N) is 5. The van der Waals surface area contributed by atoms with Gasteiger partial charge in [-0.2, -0.15) is 4.52 Å². The number of nitrogens with one attached hydrogen (secondary N) is 1. The zero-order valence-corrected chi connectivity index (χ0v) is 18.1. The minimum absolute atomic E-state index is 0.341. The molecule has 0 unspecified atom stereocenters. The number of amides is 1. The van der Waals surface area contributed by atoms with E-state index in [1.807, 2.05) is 26.8 Å². The van der Waals surface area contributed by atoms with Crippen molar-refractivity contribution in [1.29, 1.82) is 0 Å². The number of ether oxygens (including phenoxy) is 2. The predicted octanol–water partition coefficient (Wildman–Crippen LogP) is 3.65. The molecule has 30 heavy (non-hydrogen) atoms. The van der Waals surface area contributed by atoms with Gasteiger partial charge in [-0.15, -0.1) is 15.3 Å². The van der Waals surface area contributed by atoms with Crippen molar-refractivity contribution in [3.8, 4) is 0 Å². The van der Waals surface area contributed by atoms with E-state index in [-0.39, 0.29) is 6.09 Å². The van der Waals surface area contributed by atoms with Crippen molar-refractivity contribution in [1.82, 2.24) is 19.8 Å². The SMILES string of the molecule is CC(C)(C)OC(=O)N(CC1CCOCC1)c1cc(NC2CCCC2)nn2cnnc12. The third-order valence-corrected chi connectivity index (χ3v) is 5.64. The Hall–Kier alpha value is -2.42. The van der Waals surface area contributed by atoms with Crippen molar-refractivity contribution in [2.24, 2.45) is 5.92 Å². The molecule has 2 aromatic rings. The van der Waals surface area contributed by atoms with Gasteiger partial charge in [-0.05, 0) is 52.4 Å². The Bertz CT molecular complexity index is 865. The molecule has 0 aromatic carbocycles. The highest BCUT2D eigenvalue weighted by molar-refractivity contribution is 5.93. The lowest BCUT2D eigenvalue weighted by Gasteiger charge is -2.32. The number of fused-ring (bicyclic) bond motifs is 1. The molecular weight excluding hydrogens is 384 g/mol. The zero-order chi connectivity index (χ0) is 21.1. The summed E-state index contributed by atoms with van der Waals surface area (Å²) in [4.78, 5) is 14.9. The summed E-state index contributed by atoms with van der Waals surface area (Å²) in [6, 6.07) is 2.32. The second-order valence-corrected chi connectivity index (χ2v) is 9.29. The maximum absolute atomic E-state index is 13.2. The van der Waals surface area contributed by atoms with Crippen molar-refractivity contribution in [2.45, 2.75) is 70.9 Å². The Morgan fingerprint density at radius 1 is 1.27 bits per heavy atom. The fourth-order valence-electron chi connectivity index (χ4n) is 4.13. The van der Waals surface area contributed by atoms with E-state index >= 15 is 0 Å². The second kappa shape index (κ2) is 8.75. The van der Waals surface area contributed by atoms with Gasteiger partial charge in [0.05, 0.1) is 5.69 Å². The number of hydrogen-bond acceptors (Lipinski definition) is 7. The lowest BCUT2D eigenvalue weighted by molar-refractivity contribution is 0.0515. The molecule has 1 N–H and O–H groups in total. The van der Waals surface area contributed by atoms with Crippen LogP contribution in [0.25, 0.3) is 5.65 Å². The maximum Gasteiger partial charge on any atom is 0.414 e. The molecule has 4 rings (SSSR count). The standard InChI is InChI=1S/C21H32N6O3/c1-21(2,3)30-20(28)26(13-15-8-10-29-11-9-15)17-12-18(23-16-6-4-5-7-16)25-27-14-22-24-19(17)27/h12,14-16H,4-11,13H2,1-3H3,(H,23,25). The Morgan fingerprint density at radius 2 is 2.00 bits per heavy atom. The van der Waals surface area contributed by atoms with Crippen molar-refractivity contribution in [3.05, 3.63) is 12.4 Å². The summed E-state index contributed by atoms with van der Waals surface area (Å²) in [7, 11) is 0. The fourth-order valence-corrected chi connectivity index (χ4v) is 4.13. The first-order valence-electron chi connectivity index (χ1n) is 10.9. The third kappa shape index (κ3) is 5.00. The first-order valence-corrected chi connectivity index (χ1v) is 10.9. The third-order valence-electron chi connectivity index (χ3n) is 5.64. The van der Waals surface area contributed by atoms with Gasteiger partial charge in [-0.25, -0.2) is 4.79 Å². The fraction of sp³-hybridized carbons (Fsp3) is 0.714. The summed E-state index contributed by atoms with van der Waals surface area (Å²) in [5.74, 6) is 1.07. The summed E-state index contributed by atoms with van der Waals surface area (Å²) in [5, 5.41) is 16.4. The smallest absolute Gasteiger partial charge is 0.414 e. The van der Waals surface area contributed by atoms with Gasteiger partial charge in [0.2, 0.25) is 5.65 Å². The molecule has 164 valence electrons. The molecule has 0 spiro atoms. The number of carbonyl (C=O) groups excluding carboxylic acids is 1. The molecule has 1 saturated heterocycles. The van der Waals surface area contributed by atoms with Crippen LogP contribution in [0.4, 0.5) is 16.3 Å². The van der Waals surface area contributed by atoms with Crippen LogP contribution in [0.5, 0.6) is 0 Å². The van der Waals surface area contributed by atoms with Crippen LogP contribution >= 0.6 is 0 Å². The number of hydrogen-bond donors (Lipinski definition) is 1. The average molecular weight is 417 g/mol. The normalized spacial score (nSPS) is 18.6. The molecule has 1 aliphatic carbocycles. The van der Waals surface area contributed by atoms with E-state index in [9.17, 15) is 4.79 Å². The van der Waals surface area contributed by atoms with Gasteiger partial charge >= 0.3 is 6.09 Å². The lowest BCUT2D eigenvalue weighted by Crippen LogP contribution is -2.41. The molecule has 0 radical (unpaired) electrons. The van der Waals surface area contributed by atoms with Gasteiger partial charge in [0, 0.05) is 31.9 Å². The summed E-state index contributed by atoms with van der Waals surface area (Å²) >= 11 is 0. The van der Waals surface area contributed by atoms with Crippen LogP contribution < -0.4 is 10.2 Å². The van der Waals surface area contributed by atoms with E-state index in [1.54, 1.807) is 15.7 Å². The van der Waals surface area contributed by atoms with E-state index in [0.29, 0.717) is 29.8 Å². The van der Waals surface area contributed by atoms with Crippen LogP contribution in [0.3, 0.4) is 0 Å². The minimum Gasteiger partial charge on any atom is -0.443 e. The van der Waals surface area contributed by atoms with Crippen LogP contribution in [0, 0.1) is 5.92 Å². The van der Waals surface area contributed by atoms with Gasteiger partial charge in [-0.1, -0.05) is 12.8 Å². The Kier molecular flexibility index (Phi) is 6.08. The average Bonchev–Trinajstić information content (AvgIpc) is 3.37. The maximum atomic E-state index is 13.2. The molecule has 2 aromatic heterocycles.